The van der Waals surface area contributed by atoms with Gasteiger partial charge in [0.2, 0.25) is 5.52 Å². The fourth-order valence-corrected chi connectivity index (χ4v) is 2.31. The lowest BCUT2D eigenvalue weighted by atomic mass is 10.1. The highest BCUT2D eigenvalue weighted by Crippen LogP contribution is 2.26. The number of nitrogens with zero attached hydrogens (tertiary/aromatic N) is 3. The highest BCUT2D eigenvalue weighted by molar-refractivity contribution is 5.98. The van der Waals surface area contributed by atoms with E-state index in [0.29, 0.717) is 11.3 Å². The monoisotopic (exact) mass is 443 g/mol. The predicted molar refractivity (Wildman–Crippen MR) is 87.6 cm³/mol. The molecule has 7 heteroatoms. The number of hydrogen-bond acceptors (Lipinski definition) is 3. The molecule has 0 unspecified atom stereocenters. The molecule has 0 aliphatic carbocycles. The smallest absolute Gasteiger partial charge is 0.414 e. The van der Waals surface area contributed by atoms with Gasteiger partial charge < -0.3 is 38.5 Å². The average Bonchev–Trinajstić information content (AvgIpc) is 2.50. The van der Waals surface area contributed by atoms with Crippen LogP contribution in [0.2, 0.25) is 0 Å². The van der Waals surface area contributed by atoms with Gasteiger partial charge in [-0.2, -0.15) is 4.57 Å². The third kappa shape index (κ3) is 3.77. The topological polar surface area (TPSA) is 53.7 Å². The fourth-order valence-electron chi connectivity index (χ4n) is 2.31. The number of carbonyl (C=O) groups excluding carboxylic acids is 2. The molecule has 0 saturated carbocycles. The van der Waals surface area contributed by atoms with Crippen molar-refractivity contribution in [1.29, 1.82) is 0 Å². The minimum atomic E-state index is -0.457. The highest BCUT2D eigenvalue weighted by Gasteiger charge is 2.23. The van der Waals surface area contributed by atoms with Gasteiger partial charge in [0.05, 0.1) is 5.39 Å². The Kier molecular flexibility index (Phi) is 6.53. The lowest BCUT2D eigenvalue weighted by molar-refractivity contribution is -0.651. The summed E-state index contributed by atoms with van der Waals surface area (Å²) in [5.74, 6) is 0.346. The zero-order chi connectivity index (χ0) is 17.3. The van der Waals surface area contributed by atoms with Crippen LogP contribution in [0.1, 0.15) is 16.1 Å². The van der Waals surface area contributed by atoms with Crippen LogP contribution in [0.4, 0.5) is 4.79 Å². The average molecular weight is 443 g/mol. The Morgan fingerprint density at radius 2 is 1.71 bits per heavy atom. The van der Waals surface area contributed by atoms with Gasteiger partial charge in [-0.05, 0) is 12.1 Å². The van der Waals surface area contributed by atoms with Gasteiger partial charge in [-0.3, -0.25) is 4.79 Å². The van der Waals surface area contributed by atoms with Crippen molar-refractivity contribution in [3.63, 3.8) is 0 Å². The Bertz CT molecular complexity index is 788. The molecule has 2 rings (SSSR count). The number of hydrogen-bond donors (Lipinski definition) is 0. The van der Waals surface area contributed by atoms with Crippen molar-refractivity contribution in [3.05, 3.63) is 35.5 Å². The predicted octanol–water partition coefficient (Wildman–Crippen LogP) is -1.26. The summed E-state index contributed by atoms with van der Waals surface area (Å²) in [4.78, 5) is 27.1. The van der Waals surface area contributed by atoms with E-state index in [1.54, 1.807) is 40.3 Å². The van der Waals surface area contributed by atoms with Crippen LogP contribution in [0, 0.1) is 6.92 Å². The summed E-state index contributed by atoms with van der Waals surface area (Å²) in [5, 5.41) is 0.723. The molecule has 0 aliphatic rings. The summed E-state index contributed by atoms with van der Waals surface area (Å²) in [5.41, 5.74) is 2.33. The number of halogens is 1. The van der Waals surface area contributed by atoms with Gasteiger partial charge in [-0.25, -0.2) is 4.79 Å². The number of aryl methyl sites for hydroxylation is 1. The number of fused-ring (bicyclic) bond motifs is 1. The molecule has 24 heavy (non-hydrogen) atoms. The molecular weight excluding hydrogens is 421 g/mol. The van der Waals surface area contributed by atoms with E-state index in [1.807, 2.05) is 30.7 Å². The van der Waals surface area contributed by atoms with Crippen LogP contribution in [0.5, 0.6) is 5.75 Å². The number of aromatic nitrogens is 1. The second kappa shape index (κ2) is 7.78. The lowest BCUT2D eigenvalue weighted by Crippen LogP contribution is -3.00. The van der Waals surface area contributed by atoms with Crippen LogP contribution >= 0.6 is 0 Å². The normalized spacial score (nSPS) is 10.1. The summed E-state index contributed by atoms with van der Waals surface area (Å²) in [6, 6.07) is 7.26. The van der Waals surface area contributed by atoms with Crippen LogP contribution in [0.25, 0.3) is 10.9 Å². The summed E-state index contributed by atoms with van der Waals surface area (Å²) < 4.78 is 7.36. The van der Waals surface area contributed by atoms with Crippen molar-refractivity contribution >= 4 is 22.9 Å². The van der Waals surface area contributed by atoms with E-state index in [9.17, 15) is 9.59 Å². The van der Waals surface area contributed by atoms with Gasteiger partial charge >= 0.3 is 6.09 Å². The van der Waals surface area contributed by atoms with Gasteiger partial charge in [-0.1, -0.05) is 6.07 Å². The third-order valence-corrected chi connectivity index (χ3v) is 3.79. The molecule has 1 aromatic heterocycles. The maximum atomic E-state index is 12.4. The maximum Gasteiger partial charge on any atom is 0.414 e. The van der Waals surface area contributed by atoms with E-state index in [0.717, 1.165) is 16.6 Å². The zero-order valence-corrected chi connectivity index (χ0v) is 16.9. The Morgan fingerprint density at radius 3 is 2.25 bits per heavy atom. The minimum Gasteiger partial charge on any atom is -1.00 e. The zero-order valence-electron chi connectivity index (χ0n) is 14.8. The molecule has 0 N–H and O–H groups in total. The van der Waals surface area contributed by atoms with Gasteiger partial charge in [-0.15, -0.1) is 0 Å². The van der Waals surface area contributed by atoms with Crippen LogP contribution in [-0.2, 0) is 7.05 Å². The number of benzene rings is 1. The van der Waals surface area contributed by atoms with Crippen molar-refractivity contribution in [2.75, 3.05) is 28.2 Å². The van der Waals surface area contributed by atoms with E-state index < -0.39 is 6.09 Å². The van der Waals surface area contributed by atoms with Crippen LogP contribution in [-0.4, -0.2) is 50.0 Å². The van der Waals surface area contributed by atoms with Crippen molar-refractivity contribution in [1.82, 2.24) is 9.80 Å². The first-order valence-corrected chi connectivity index (χ1v) is 7.27. The molecule has 6 nitrogen and oxygen atoms in total. The quantitative estimate of drug-likeness (QED) is 0.430. The second-order valence-electron chi connectivity index (χ2n) is 5.85. The molecule has 2 aromatic rings. The molecule has 0 fully saturated rings. The second-order valence-corrected chi connectivity index (χ2v) is 5.85. The summed E-state index contributed by atoms with van der Waals surface area (Å²) in [6.45, 7) is 1.90. The standard InChI is InChI=1S/C17H22N3O3.HI/c1-11-12(16(21)18(2)3)10-13-14(20(11)6)8-7-9-15(13)23-17(22)19(4)5;/h7-10H,1-6H3;1H/q+1;/p-1. The first-order chi connectivity index (χ1) is 10.7. The van der Waals surface area contributed by atoms with Gasteiger partial charge in [0, 0.05) is 41.2 Å². The largest absolute Gasteiger partial charge is 1.00 e. The number of rotatable bonds is 2. The highest BCUT2D eigenvalue weighted by atomic mass is 127. The molecule has 1 aromatic carbocycles. The molecule has 0 radical (unpaired) electrons. The molecular formula is C17H22IN3O3. The van der Waals surface area contributed by atoms with E-state index >= 15 is 0 Å². The van der Waals surface area contributed by atoms with E-state index in [1.165, 1.54) is 9.80 Å². The molecule has 0 spiro atoms. The Balaban J connectivity index is 0.00000288. The minimum absolute atomic E-state index is 0. The summed E-state index contributed by atoms with van der Waals surface area (Å²) in [6.07, 6.45) is -0.457. The van der Waals surface area contributed by atoms with Crippen molar-refractivity contribution in [3.8, 4) is 5.75 Å². The number of ether oxygens (including phenoxy) is 1. The number of pyridine rings is 1. The van der Waals surface area contributed by atoms with Crippen LogP contribution in [0.15, 0.2) is 24.3 Å². The molecule has 130 valence electrons. The van der Waals surface area contributed by atoms with Gasteiger partial charge in [0.25, 0.3) is 5.91 Å². The van der Waals surface area contributed by atoms with Crippen molar-refractivity contribution in [2.45, 2.75) is 6.92 Å². The lowest BCUT2D eigenvalue weighted by Gasteiger charge is -2.14. The SMILES string of the molecule is Cc1c(C(=O)N(C)C)cc2c(OC(=O)N(C)C)cccc2[n+]1C.[I-]. The first kappa shape index (κ1) is 20.1. The van der Waals surface area contributed by atoms with E-state index in [4.69, 9.17) is 4.74 Å². The molecule has 0 bridgehead atoms. The molecule has 0 saturated heterocycles. The first-order valence-electron chi connectivity index (χ1n) is 7.27. The van der Waals surface area contributed by atoms with E-state index in [2.05, 4.69) is 0 Å². The Hall–Kier alpha value is -1.90. The Morgan fingerprint density at radius 1 is 1.08 bits per heavy atom. The van der Waals surface area contributed by atoms with Gasteiger partial charge in [0.15, 0.2) is 5.69 Å². The molecule has 1 heterocycles. The number of amides is 2. The van der Waals surface area contributed by atoms with Gasteiger partial charge in [0.1, 0.15) is 18.4 Å². The maximum absolute atomic E-state index is 12.4. The van der Waals surface area contributed by atoms with Crippen LogP contribution < -0.4 is 33.3 Å². The van der Waals surface area contributed by atoms with Crippen molar-refractivity contribution < 1.29 is 42.9 Å². The van der Waals surface area contributed by atoms with Crippen LogP contribution in [0.3, 0.4) is 0 Å². The fraction of sp³-hybridized carbons (Fsp3) is 0.353. The summed E-state index contributed by atoms with van der Waals surface area (Å²) >= 11 is 0. The molecule has 0 aliphatic heterocycles. The molecule has 2 amide bonds. The Labute approximate surface area is 159 Å². The van der Waals surface area contributed by atoms with Crippen molar-refractivity contribution in [2.24, 2.45) is 7.05 Å². The third-order valence-electron chi connectivity index (χ3n) is 3.79. The van der Waals surface area contributed by atoms with E-state index in [-0.39, 0.29) is 29.9 Å². The number of carbonyl (C=O) groups is 2. The summed E-state index contributed by atoms with van der Waals surface area (Å²) in [7, 11) is 8.56. The molecule has 0 atom stereocenters.